The summed E-state index contributed by atoms with van der Waals surface area (Å²) in [7, 11) is 0. The van der Waals surface area contributed by atoms with E-state index < -0.39 is 24.0 Å². The number of alkyl halides is 3. The third kappa shape index (κ3) is 5.89. The maximum Gasteiger partial charge on any atom is 0.471 e. The molecule has 1 fully saturated rings. The van der Waals surface area contributed by atoms with E-state index in [1.54, 1.807) is 4.90 Å². The molecule has 0 unspecified atom stereocenters. The summed E-state index contributed by atoms with van der Waals surface area (Å²) in [6.45, 7) is 0.912. The minimum absolute atomic E-state index is 0.00418. The number of pyridine rings is 1. The first-order valence-electron chi connectivity index (χ1n) is 10.1. The van der Waals surface area contributed by atoms with E-state index in [-0.39, 0.29) is 36.1 Å². The number of hydrogen-bond donors (Lipinski definition) is 1. The first-order chi connectivity index (χ1) is 16.6. The summed E-state index contributed by atoms with van der Waals surface area (Å²) in [5.41, 5.74) is 0.455. The summed E-state index contributed by atoms with van der Waals surface area (Å²) >= 11 is 12.0. The third-order valence-electron chi connectivity index (χ3n) is 5.02. The third-order valence-corrected chi connectivity index (χ3v) is 5.46. The standard InChI is InChI=1S/C21H16Cl2F3N5O4/c22-13-5-12(6-14(23)7-13)19(33)31-3-4-34-10-15(31)9-28-18(32)16-2-1-11(8-27-16)17-29-20(35-30-17)21(24,25)26/h1-2,5-8,15H,3-4,9-10H2,(H,28,32)/t15-/m1/s1. The topological polar surface area (TPSA) is 110 Å². The van der Waals surface area contributed by atoms with E-state index in [9.17, 15) is 22.8 Å². The summed E-state index contributed by atoms with van der Waals surface area (Å²) in [5, 5.41) is 6.60. The van der Waals surface area contributed by atoms with Gasteiger partial charge in [0.05, 0.1) is 19.3 Å². The van der Waals surface area contributed by atoms with E-state index in [2.05, 4.69) is 25.0 Å². The molecular formula is C21H16Cl2F3N5O4. The molecule has 2 amide bonds. The van der Waals surface area contributed by atoms with Crippen molar-refractivity contribution in [1.29, 1.82) is 0 Å². The van der Waals surface area contributed by atoms with Crippen LogP contribution < -0.4 is 5.32 Å². The Morgan fingerprint density at radius 1 is 1.17 bits per heavy atom. The first kappa shape index (κ1) is 24.9. The van der Waals surface area contributed by atoms with Gasteiger partial charge >= 0.3 is 12.1 Å². The molecular weight excluding hydrogens is 514 g/mol. The Morgan fingerprint density at radius 3 is 2.54 bits per heavy atom. The number of nitrogens with zero attached hydrogens (tertiary/aromatic N) is 4. The van der Waals surface area contributed by atoms with Crippen LogP contribution in [0.4, 0.5) is 13.2 Å². The Hall–Kier alpha value is -3.22. The van der Waals surface area contributed by atoms with Crippen molar-refractivity contribution in [3.63, 3.8) is 0 Å². The number of benzene rings is 1. The van der Waals surface area contributed by atoms with Crippen LogP contribution in [0, 0.1) is 0 Å². The molecule has 4 rings (SSSR count). The average Bonchev–Trinajstić information content (AvgIpc) is 3.33. The molecule has 0 radical (unpaired) electrons. The highest BCUT2D eigenvalue weighted by Gasteiger charge is 2.38. The molecule has 0 spiro atoms. The highest BCUT2D eigenvalue weighted by Crippen LogP contribution is 2.29. The lowest BCUT2D eigenvalue weighted by Crippen LogP contribution is -2.53. The Balaban J connectivity index is 1.40. The van der Waals surface area contributed by atoms with Crippen molar-refractivity contribution in [2.45, 2.75) is 12.2 Å². The van der Waals surface area contributed by atoms with Crippen molar-refractivity contribution >= 4 is 35.0 Å². The van der Waals surface area contributed by atoms with Gasteiger partial charge in [0.2, 0.25) is 5.82 Å². The first-order valence-corrected chi connectivity index (χ1v) is 10.9. The largest absolute Gasteiger partial charge is 0.471 e. The zero-order valence-corrected chi connectivity index (χ0v) is 19.2. The molecule has 0 aliphatic carbocycles. The van der Waals surface area contributed by atoms with Crippen molar-refractivity contribution in [2.24, 2.45) is 0 Å². The number of ether oxygens (including phenoxy) is 1. The number of morpholine rings is 1. The molecule has 3 heterocycles. The van der Waals surface area contributed by atoms with E-state index in [0.717, 1.165) is 6.20 Å². The minimum atomic E-state index is -4.77. The van der Waals surface area contributed by atoms with Gasteiger partial charge in [-0.3, -0.25) is 14.6 Å². The van der Waals surface area contributed by atoms with Gasteiger partial charge in [-0.2, -0.15) is 18.2 Å². The van der Waals surface area contributed by atoms with Crippen molar-refractivity contribution < 1.29 is 32.0 Å². The lowest BCUT2D eigenvalue weighted by atomic mass is 10.1. The summed E-state index contributed by atoms with van der Waals surface area (Å²) in [5.74, 6) is -2.66. The van der Waals surface area contributed by atoms with Crippen LogP contribution in [-0.2, 0) is 10.9 Å². The quantitative estimate of drug-likeness (QED) is 0.536. The summed E-state index contributed by atoms with van der Waals surface area (Å²) < 4.78 is 47.5. The van der Waals surface area contributed by atoms with Gasteiger partial charge in [-0.25, -0.2) is 0 Å². The predicted molar refractivity (Wildman–Crippen MR) is 117 cm³/mol. The second-order valence-electron chi connectivity index (χ2n) is 7.45. The molecule has 1 aliphatic rings. The van der Waals surface area contributed by atoms with Crippen LogP contribution in [0.2, 0.25) is 10.0 Å². The van der Waals surface area contributed by atoms with Gasteiger partial charge in [0.15, 0.2) is 0 Å². The smallest absolute Gasteiger partial charge is 0.377 e. The SMILES string of the molecule is O=C(NC[C@@H]1COCCN1C(=O)c1cc(Cl)cc(Cl)c1)c1ccc(-c2noc(C(F)(F)F)n2)cn1. The van der Waals surface area contributed by atoms with E-state index in [1.807, 2.05) is 0 Å². The molecule has 0 saturated carbocycles. The second-order valence-corrected chi connectivity index (χ2v) is 8.32. The number of carbonyl (C=O) groups excluding carboxylic acids is 2. The predicted octanol–water partition coefficient (Wildman–Crippen LogP) is 3.73. The molecule has 3 aromatic rings. The minimum Gasteiger partial charge on any atom is -0.377 e. The number of aromatic nitrogens is 3. The normalized spacial score (nSPS) is 16.3. The van der Waals surface area contributed by atoms with Gasteiger partial charge in [0, 0.05) is 40.5 Å². The molecule has 1 atom stereocenters. The molecule has 1 saturated heterocycles. The monoisotopic (exact) mass is 529 g/mol. The fourth-order valence-corrected chi connectivity index (χ4v) is 3.88. The lowest BCUT2D eigenvalue weighted by molar-refractivity contribution is -0.159. The fraction of sp³-hybridized carbons (Fsp3) is 0.286. The summed E-state index contributed by atoms with van der Waals surface area (Å²) in [6, 6.07) is 6.72. The number of amides is 2. The molecule has 14 heteroatoms. The molecule has 2 aromatic heterocycles. The van der Waals surface area contributed by atoms with Crippen LogP contribution in [0.15, 0.2) is 41.1 Å². The van der Waals surface area contributed by atoms with Crippen LogP contribution in [-0.4, -0.2) is 64.2 Å². The molecule has 1 aromatic carbocycles. The van der Waals surface area contributed by atoms with E-state index in [4.69, 9.17) is 27.9 Å². The van der Waals surface area contributed by atoms with Crippen LogP contribution in [0.25, 0.3) is 11.4 Å². The summed E-state index contributed by atoms with van der Waals surface area (Å²) in [6.07, 6.45) is -3.61. The van der Waals surface area contributed by atoms with Gasteiger partial charge in [0.25, 0.3) is 11.8 Å². The molecule has 35 heavy (non-hydrogen) atoms. The molecule has 1 aliphatic heterocycles. The fourth-order valence-electron chi connectivity index (χ4n) is 3.35. The number of hydrogen-bond acceptors (Lipinski definition) is 7. The zero-order valence-electron chi connectivity index (χ0n) is 17.7. The molecule has 0 bridgehead atoms. The van der Waals surface area contributed by atoms with Gasteiger partial charge in [-0.1, -0.05) is 28.4 Å². The zero-order chi connectivity index (χ0) is 25.2. The van der Waals surface area contributed by atoms with Crippen LogP contribution in [0.5, 0.6) is 0 Å². The number of carbonyl (C=O) groups is 2. The van der Waals surface area contributed by atoms with Crippen LogP contribution in [0.1, 0.15) is 26.7 Å². The van der Waals surface area contributed by atoms with Gasteiger partial charge in [-0.15, -0.1) is 0 Å². The second kappa shape index (κ2) is 10.2. The Kier molecular flexibility index (Phi) is 7.24. The van der Waals surface area contributed by atoms with E-state index >= 15 is 0 Å². The van der Waals surface area contributed by atoms with E-state index in [1.165, 1.54) is 30.3 Å². The highest BCUT2D eigenvalue weighted by atomic mass is 35.5. The maximum atomic E-state index is 13.0. The molecule has 9 nitrogen and oxygen atoms in total. The van der Waals surface area contributed by atoms with Crippen LogP contribution >= 0.6 is 23.2 Å². The van der Waals surface area contributed by atoms with Crippen LogP contribution in [0.3, 0.4) is 0 Å². The molecule has 1 N–H and O–H groups in total. The number of halogens is 5. The number of nitrogens with one attached hydrogen (secondary N) is 1. The Labute approximate surface area is 206 Å². The average molecular weight is 530 g/mol. The van der Waals surface area contributed by atoms with E-state index in [0.29, 0.717) is 28.8 Å². The van der Waals surface area contributed by atoms with Crippen molar-refractivity contribution in [1.82, 2.24) is 25.3 Å². The Bertz CT molecular complexity index is 1220. The lowest BCUT2D eigenvalue weighted by Gasteiger charge is -2.35. The molecule has 184 valence electrons. The van der Waals surface area contributed by atoms with Crippen molar-refractivity contribution in [2.75, 3.05) is 26.3 Å². The van der Waals surface area contributed by atoms with Crippen molar-refractivity contribution in [3.8, 4) is 11.4 Å². The van der Waals surface area contributed by atoms with Gasteiger partial charge < -0.3 is 19.5 Å². The Morgan fingerprint density at radius 2 is 1.91 bits per heavy atom. The highest BCUT2D eigenvalue weighted by molar-refractivity contribution is 6.35. The van der Waals surface area contributed by atoms with Gasteiger partial charge in [-0.05, 0) is 30.3 Å². The maximum absolute atomic E-state index is 13.0. The summed E-state index contributed by atoms with van der Waals surface area (Å²) in [4.78, 5) is 34.4. The number of rotatable bonds is 5. The van der Waals surface area contributed by atoms with Gasteiger partial charge in [0.1, 0.15) is 5.69 Å². The van der Waals surface area contributed by atoms with Crippen molar-refractivity contribution in [3.05, 3.63) is 63.7 Å².